The van der Waals surface area contributed by atoms with Crippen molar-refractivity contribution in [2.24, 2.45) is 0 Å². The molecule has 0 aliphatic carbocycles. The quantitative estimate of drug-likeness (QED) is 0.478. The number of carbonyl (C=O) groups is 1. The summed E-state index contributed by atoms with van der Waals surface area (Å²) < 4.78 is 0. The zero-order valence-corrected chi connectivity index (χ0v) is 18.7. The molecule has 2 aliphatic rings. The Morgan fingerprint density at radius 3 is 2.62 bits per heavy atom. The molecule has 0 bridgehead atoms. The first-order valence-corrected chi connectivity index (χ1v) is 11.2. The molecule has 0 saturated carbocycles. The third kappa shape index (κ3) is 3.21. The van der Waals surface area contributed by atoms with Crippen LogP contribution in [-0.2, 0) is 0 Å². The van der Waals surface area contributed by atoms with Crippen LogP contribution in [0.25, 0.3) is 10.8 Å². The van der Waals surface area contributed by atoms with Crippen molar-refractivity contribution < 1.29 is 4.79 Å². The van der Waals surface area contributed by atoms with Crippen LogP contribution in [0.3, 0.4) is 0 Å². The van der Waals surface area contributed by atoms with E-state index in [1.54, 1.807) is 0 Å². The molecule has 0 aromatic heterocycles. The lowest BCUT2D eigenvalue weighted by Crippen LogP contribution is -2.56. The normalized spacial score (nSPS) is 18.3. The lowest BCUT2D eigenvalue weighted by atomic mass is 9.80. The Hall–Kier alpha value is -3.42. The summed E-state index contributed by atoms with van der Waals surface area (Å²) >= 11 is 6.23. The standard InChI is InChI=1S/C27H24ClN3O/c1-3-25-27(29-23-13-12-20(28)18-24(23)31(25)4-2)14-16-30(17-15-27)26(32)22-11-7-9-19-8-5-6-10-21(19)22/h2-3,5-13,18,29H,14-17H2,1H3. The molecule has 1 fully saturated rings. The van der Waals surface area contributed by atoms with E-state index in [0.29, 0.717) is 18.1 Å². The molecule has 5 rings (SSSR count). The molecular formula is C27H24ClN3O. The second kappa shape index (κ2) is 7.93. The Bertz CT molecular complexity index is 1280. The molecule has 0 radical (unpaired) electrons. The predicted molar refractivity (Wildman–Crippen MR) is 132 cm³/mol. The van der Waals surface area contributed by atoms with Gasteiger partial charge in [0.25, 0.3) is 5.91 Å². The summed E-state index contributed by atoms with van der Waals surface area (Å²) in [4.78, 5) is 17.3. The van der Waals surface area contributed by atoms with Crippen LogP contribution in [0, 0.1) is 12.5 Å². The highest BCUT2D eigenvalue weighted by Gasteiger charge is 2.44. The van der Waals surface area contributed by atoms with Crippen molar-refractivity contribution in [1.29, 1.82) is 0 Å². The van der Waals surface area contributed by atoms with E-state index < -0.39 is 0 Å². The van der Waals surface area contributed by atoms with Gasteiger partial charge in [-0.2, -0.15) is 0 Å². The van der Waals surface area contributed by atoms with Gasteiger partial charge in [-0.05, 0) is 54.8 Å². The predicted octanol–water partition coefficient (Wildman–Crippen LogP) is 5.89. The minimum Gasteiger partial charge on any atom is -0.372 e. The van der Waals surface area contributed by atoms with Gasteiger partial charge in [0.15, 0.2) is 0 Å². The molecular weight excluding hydrogens is 418 g/mol. The number of terminal acetylenes is 1. The Morgan fingerprint density at radius 1 is 1.12 bits per heavy atom. The van der Waals surface area contributed by atoms with Crippen LogP contribution in [0.1, 0.15) is 30.1 Å². The SMILES string of the molecule is C#CN1C(=CC)C2(CCN(C(=O)c3cccc4ccccc34)CC2)Nc2ccc(Cl)cc21. The van der Waals surface area contributed by atoms with Crippen LogP contribution in [0.15, 0.2) is 72.4 Å². The number of benzene rings is 3. The molecule has 0 unspecified atom stereocenters. The van der Waals surface area contributed by atoms with Crippen molar-refractivity contribution in [3.8, 4) is 12.5 Å². The van der Waals surface area contributed by atoms with Crippen molar-refractivity contribution in [3.63, 3.8) is 0 Å². The number of anilines is 2. The summed E-state index contributed by atoms with van der Waals surface area (Å²) in [5.41, 5.74) is 3.32. The van der Waals surface area contributed by atoms with E-state index in [2.05, 4.69) is 17.4 Å². The van der Waals surface area contributed by atoms with Gasteiger partial charge in [0, 0.05) is 29.7 Å². The summed E-state index contributed by atoms with van der Waals surface area (Å²) in [6.45, 7) is 3.30. The molecule has 3 aromatic rings. The molecule has 1 saturated heterocycles. The van der Waals surface area contributed by atoms with Crippen molar-refractivity contribution in [2.45, 2.75) is 25.3 Å². The maximum atomic E-state index is 13.4. The summed E-state index contributed by atoms with van der Waals surface area (Å²) in [5.74, 6) is 0.0791. The number of carbonyl (C=O) groups excluding carboxylic acids is 1. The van der Waals surface area contributed by atoms with Crippen molar-refractivity contribution in [3.05, 3.63) is 83.0 Å². The lowest BCUT2D eigenvalue weighted by Gasteiger charge is -2.50. The van der Waals surface area contributed by atoms with E-state index in [0.717, 1.165) is 46.2 Å². The Labute approximate surface area is 193 Å². The number of nitrogens with zero attached hydrogens (tertiary/aromatic N) is 2. The fourth-order valence-electron chi connectivity index (χ4n) is 5.06. The molecule has 2 heterocycles. The van der Waals surface area contributed by atoms with E-state index in [-0.39, 0.29) is 11.4 Å². The smallest absolute Gasteiger partial charge is 0.254 e. The van der Waals surface area contributed by atoms with Gasteiger partial charge in [0.2, 0.25) is 0 Å². The van der Waals surface area contributed by atoms with Gasteiger partial charge in [0.05, 0.1) is 22.6 Å². The van der Waals surface area contributed by atoms with Gasteiger partial charge in [-0.25, -0.2) is 0 Å². The van der Waals surface area contributed by atoms with Crippen molar-refractivity contribution >= 4 is 39.7 Å². The molecule has 32 heavy (non-hydrogen) atoms. The zero-order chi connectivity index (χ0) is 22.3. The number of nitrogens with one attached hydrogen (secondary N) is 1. The van der Waals surface area contributed by atoms with E-state index >= 15 is 0 Å². The Morgan fingerprint density at radius 2 is 1.88 bits per heavy atom. The lowest BCUT2D eigenvalue weighted by molar-refractivity contribution is 0.0697. The fourth-order valence-corrected chi connectivity index (χ4v) is 5.23. The van der Waals surface area contributed by atoms with Gasteiger partial charge in [-0.3, -0.25) is 9.69 Å². The van der Waals surface area contributed by atoms with Crippen molar-refractivity contribution in [1.82, 2.24) is 4.90 Å². The number of hydrogen-bond donors (Lipinski definition) is 1. The molecule has 1 spiro atoms. The average Bonchev–Trinajstić information content (AvgIpc) is 2.83. The van der Waals surface area contributed by atoms with Crippen LogP contribution in [0.2, 0.25) is 5.02 Å². The van der Waals surface area contributed by atoms with Crippen LogP contribution in [0.5, 0.6) is 0 Å². The highest BCUT2D eigenvalue weighted by atomic mass is 35.5. The number of hydrogen-bond acceptors (Lipinski definition) is 3. The number of fused-ring (bicyclic) bond motifs is 2. The van der Waals surface area contributed by atoms with Crippen LogP contribution >= 0.6 is 11.6 Å². The second-order valence-electron chi connectivity index (χ2n) is 8.33. The Kier molecular flexibility index (Phi) is 5.07. The third-order valence-electron chi connectivity index (χ3n) is 6.63. The number of piperidine rings is 1. The topological polar surface area (TPSA) is 35.6 Å². The minimum atomic E-state index is -0.322. The van der Waals surface area contributed by atoms with E-state index in [4.69, 9.17) is 18.0 Å². The number of halogens is 1. The molecule has 3 aromatic carbocycles. The first kappa shape index (κ1) is 20.5. The fraction of sp³-hybridized carbons (Fsp3) is 0.222. The molecule has 1 N–H and O–H groups in total. The first-order valence-electron chi connectivity index (χ1n) is 10.8. The molecule has 160 valence electrons. The first-order chi connectivity index (χ1) is 15.6. The second-order valence-corrected chi connectivity index (χ2v) is 8.76. The van der Waals surface area contributed by atoms with Gasteiger partial charge >= 0.3 is 0 Å². The number of likely N-dealkylation sites (tertiary alicyclic amines) is 1. The van der Waals surface area contributed by atoms with E-state index in [9.17, 15) is 4.79 Å². The van der Waals surface area contributed by atoms with E-state index in [1.807, 2.05) is 77.4 Å². The highest BCUT2D eigenvalue weighted by molar-refractivity contribution is 6.31. The van der Waals surface area contributed by atoms with Crippen LogP contribution < -0.4 is 10.2 Å². The number of amides is 1. The molecule has 5 heteroatoms. The average molecular weight is 442 g/mol. The minimum absolute atomic E-state index is 0.0791. The van der Waals surface area contributed by atoms with Crippen molar-refractivity contribution in [2.75, 3.05) is 23.3 Å². The molecule has 2 aliphatic heterocycles. The summed E-state index contributed by atoms with van der Waals surface area (Å²) in [6.07, 6.45) is 9.53. The van der Waals surface area contributed by atoms with Crippen LogP contribution in [0.4, 0.5) is 11.4 Å². The largest absolute Gasteiger partial charge is 0.372 e. The maximum absolute atomic E-state index is 13.4. The van der Waals surface area contributed by atoms with Gasteiger partial charge in [0.1, 0.15) is 0 Å². The van der Waals surface area contributed by atoms with Gasteiger partial charge in [-0.1, -0.05) is 60.5 Å². The monoisotopic (exact) mass is 441 g/mol. The molecule has 4 nitrogen and oxygen atoms in total. The summed E-state index contributed by atoms with van der Waals surface area (Å²) in [7, 11) is 0. The maximum Gasteiger partial charge on any atom is 0.254 e. The van der Waals surface area contributed by atoms with Crippen LogP contribution in [-0.4, -0.2) is 29.4 Å². The summed E-state index contributed by atoms with van der Waals surface area (Å²) in [6, 6.07) is 22.5. The Balaban J connectivity index is 1.44. The third-order valence-corrected chi connectivity index (χ3v) is 6.87. The zero-order valence-electron chi connectivity index (χ0n) is 17.9. The van der Waals surface area contributed by atoms with Gasteiger partial charge in [-0.15, -0.1) is 0 Å². The molecule has 1 amide bonds. The van der Waals surface area contributed by atoms with E-state index in [1.165, 1.54) is 0 Å². The highest BCUT2D eigenvalue weighted by Crippen LogP contribution is 2.45. The number of rotatable bonds is 1. The summed E-state index contributed by atoms with van der Waals surface area (Å²) in [5, 5.41) is 6.45. The van der Waals surface area contributed by atoms with Gasteiger partial charge < -0.3 is 10.2 Å². The number of allylic oxidation sites excluding steroid dienone is 1. The molecule has 0 atom stereocenters.